The maximum absolute atomic E-state index is 13.1. The first-order chi connectivity index (χ1) is 14.1. The predicted molar refractivity (Wildman–Crippen MR) is 117 cm³/mol. The van der Waals surface area contributed by atoms with E-state index in [1.165, 1.54) is 11.3 Å². The number of hydrogen-bond acceptors (Lipinski definition) is 5. The molecule has 2 heterocycles. The van der Waals surface area contributed by atoms with Crippen molar-refractivity contribution in [2.24, 2.45) is 5.92 Å². The summed E-state index contributed by atoms with van der Waals surface area (Å²) >= 11 is 1.47. The number of benzene rings is 1. The highest BCUT2D eigenvalue weighted by Gasteiger charge is 2.25. The molecule has 0 radical (unpaired) electrons. The number of hydrogen-bond donors (Lipinski definition) is 1. The minimum atomic E-state index is -1.24. The Morgan fingerprint density at radius 3 is 2.66 bits per heavy atom. The fraction of sp³-hybridized carbons (Fsp3) is 0.524. The van der Waals surface area contributed by atoms with Crippen molar-refractivity contribution in [1.29, 1.82) is 0 Å². The van der Waals surface area contributed by atoms with E-state index < -0.39 is 11.0 Å². The molecule has 1 aromatic carbocycles. The van der Waals surface area contributed by atoms with Crippen LogP contribution in [0.4, 0.5) is 5.13 Å². The van der Waals surface area contributed by atoms with Gasteiger partial charge in [0.05, 0.1) is 22.6 Å². The van der Waals surface area contributed by atoms with Crippen LogP contribution in [0.3, 0.4) is 0 Å². The minimum Gasteiger partial charge on any atom is -0.495 e. The number of aromatic nitrogens is 1. The van der Waals surface area contributed by atoms with E-state index in [-0.39, 0.29) is 11.8 Å². The van der Waals surface area contributed by atoms with Gasteiger partial charge in [-0.05, 0) is 56.4 Å². The number of anilines is 1. The normalized spacial score (nSPS) is 18.8. The molecule has 0 bridgehead atoms. The molecule has 1 saturated carbocycles. The van der Waals surface area contributed by atoms with E-state index >= 15 is 0 Å². The highest BCUT2D eigenvalue weighted by molar-refractivity contribution is 7.82. The first-order valence-electron chi connectivity index (χ1n) is 10.2. The average Bonchev–Trinajstić information content (AvgIpc) is 3.49. The van der Waals surface area contributed by atoms with Gasteiger partial charge in [0, 0.05) is 19.0 Å². The summed E-state index contributed by atoms with van der Waals surface area (Å²) in [6, 6.07) is 5.78. The third-order valence-corrected chi connectivity index (χ3v) is 8.32. The molecule has 1 atom stereocenters. The van der Waals surface area contributed by atoms with Crippen LogP contribution in [0.25, 0.3) is 10.4 Å². The molecule has 2 aromatic rings. The van der Waals surface area contributed by atoms with Crippen molar-refractivity contribution in [2.45, 2.75) is 50.3 Å². The van der Waals surface area contributed by atoms with Crippen LogP contribution in [0.1, 0.15) is 44.2 Å². The first kappa shape index (κ1) is 20.5. The minimum absolute atomic E-state index is 0.0772. The van der Waals surface area contributed by atoms with Gasteiger partial charge in [0.2, 0.25) is 5.91 Å². The molecular weight excluding hydrogens is 406 g/mol. The van der Waals surface area contributed by atoms with Crippen molar-refractivity contribution < 1.29 is 13.7 Å². The number of carbonyl (C=O) groups excluding carboxylic acids is 1. The molecular formula is C21H27N3O3S2. The van der Waals surface area contributed by atoms with E-state index in [1.807, 2.05) is 29.4 Å². The lowest BCUT2D eigenvalue weighted by atomic mass is 10.1. The smallest absolute Gasteiger partial charge is 0.229 e. The largest absolute Gasteiger partial charge is 0.495 e. The van der Waals surface area contributed by atoms with Gasteiger partial charge < -0.3 is 10.1 Å². The Hall–Kier alpha value is -1.77. The van der Waals surface area contributed by atoms with Gasteiger partial charge in [-0.15, -0.1) is 0 Å². The van der Waals surface area contributed by atoms with Gasteiger partial charge in [0.1, 0.15) is 16.7 Å². The van der Waals surface area contributed by atoms with Crippen molar-refractivity contribution in [3.8, 4) is 16.2 Å². The first-order valence-corrected chi connectivity index (χ1v) is 12.1. The number of amides is 1. The van der Waals surface area contributed by atoms with Gasteiger partial charge in [0.25, 0.3) is 0 Å². The zero-order chi connectivity index (χ0) is 20.4. The molecule has 1 amide bonds. The standard InChI is InChI=1S/C21H27N3O3S2/c1-14-19(28-21(22-14)23-20(25)15-7-3-4-8-15)16-9-10-17(27-2)18(13-16)29(26)24-11-5-6-12-24/h9-10,13,15H,3-8,11-12H2,1-2H3,(H,22,23,25). The van der Waals surface area contributed by atoms with Crippen molar-refractivity contribution >= 4 is 33.4 Å². The molecule has 2 aliphatic rings. The molecule has 4 rings (SSSR count). The predicted octanol–water partition coefficient (Wildman–Crippen LogP) is 4.37. The number of methoxy groups -OCH3 is 1. The van der Waals surface area contributed by atoms with E-state index in [0.29, 0.717) is 15.8 Å². The quantitative estimate of drug-likeness (QED) is 0.734. The van der Waals surface area contributed by atoms with E-state index in [4.69, 9.17) is 4.74 Å². The van der Waals surface area contributed by atoms with Crippen molar-refractivity contribution in [3.63, 3.8) is 0 Å². The van der Waals surface area contributed by atoms with Gasteiger partial charge in [-0.1, -0.05) is 24.2 Å². The molecule has 1 aliphatic carbocycles. The SMILES string of the molecule is COc1ccc(-c2sc(NC(=O)C3CCCC3)nc2C)cc1S(=O)N1CCCC1. The summed E-state index contributed by atoms with van der Waals surface area (Å²) in [6.45, 7) is 3.63. The number of nitrogens with one attached hydrogen (secondary N) is 1. The van der Waals surface area contributed by atoms with E-state index in [2.05, 4.69) is 10.3 Å². The molecule has 1 saturated heterocycles. The molecule has 1 aliphatic heterocycles. The number of ether oxygens (including phenoxy) is 1. The molecule has 1 unspecified atom stereocenters. The summed E-state index contributed by atoms with van der Waals surface area (Å²) in [7, 11) is 0.363. The van der Waals surface area contributed by atoms with Crippen LogP contribution < -0.4 is 10.1 Å². The Morgan fingerprint density at radius 1 is 1.24 bits per heavy atom. The molecule has 29 heavy (non-hydrogen) atoms. The molecule has 2 fully saturated rings. The number of carbonyl (C=O) groups is 1. The second-order valence-corrected chi connectivity index (χ2v) is 10.1. The summed E-state index contributed by atoms with van der Waals surface area (Å²) in [5.74, 6) is 0.822. The zero-order valence-electron chi connectivity index (χ0n) is 16.9. The Morgan fingerprint density at radius 2 is 1.97 bits per heavy atom. The van der Waals surface area contributed by atoms with Crippen LogP contribution in [0.15, 0.2) is 23.1 Å². The van der Waals surface area contributed by atoms with Crippen molar-refractivity contribution in [1.82, 2.24) is 9.29 Å². The Kier molecular flexibility index (Phi) is 6.32. The Labute approximate surface area is 178 Å². The van der Waals surface area contributed by atoms with Gasteiger partial charge in [0.15, 0.2) is 5.13 Å². The van der Waals surface area contributed by atoms with Crippen LogP contribution >= 0.6 is 11.3 Å². The second-order valence-electron chi connectivity index (χ2n) is 7.66. The number of aryl methyl sites for hydroxylation is 1. The van der Waals surface area contributed by atoms with Crippen LogP contribution in [-0.2, 0) is 15.8 Å². The molecule has 1 N–H and O–H groups in total. The highest BCUT2D eigenvalue weighted by atomic mass is 32.2. The van der Waals surface area contributed by atoms with E-state index in [1.54, 1.807) is 7.11 Å². The lowest BCUT2D eigenvalue weighted by Crippen LogP contribution is -2.22. The number of rotatable bonds is 6. The van der Waals surface area contributed by atoms with E-state index in [9.17, 15) is 9.00 Å². The molecule has 6 nitrogen and oxygen atoms in total. The summed E-state index contributed by atoms with van der Waals surface area (Å²) < 4.78 is 20.5. The number of nitrogens with zero attached hydrogens (tertiary/aromatic N) is 2. The molecule has 8 heteroatoms. The van der Waals surface area contributed by atoms with Gasteiger partial charge in [-0.2, -0.15) is 0 Å². The van der Waals surface area contributed by atoms with Gasteiger partial charge >= 0.3 is 0 Å². The summed E-state index contributed by atoms with van der Waals surface area (Å²) in [6.07, 6.45) is 6.34. The van der Waals surface area contributed by atoms with Crippen LogP contribution in [-0.4, -0.2) is 39.6 Å². The van der Waals surface area contributed by atoms with Crippen molar-refractivity contribution in [3.05, 3.63) is 23.9 Å². The summed E-state index contributed by atoms with van der Waals surface area (Å²) in [5, 5.41) is 3.63. The third-order valence-electron chi connectivity index (χ3n) is 5.67. The fourth-order valence-electron chi connectivity index (χ4n) is 4.06. The molecule has 1 aromatic heterocycles. The Balaban J connectivity index is 1.59. The van der Waals surface area contributed by atoms with Gasteiger partial charge in [-0.3, -0.25) is 4.79 Å². The fourth-order valence-corrected chi connectivity index (χ4v) is 6.45. The zero-order valence-corrected chi connectivity index (χ0v) is 18.5. The lowest BCUT2D eigenvalue weighted by Gasteiger charge is -2.16. The van der Waals surface area contributed by atoms with Gasteiger partial charge in [-0.25, -0.2) is 13.5 Å². The summed E-state index contributed by atoms with van der Waals surface area (Å²) in [5.41, 5.74) is 1.81. The highest BCUT2D eigenvalue weighted by Crippen LogP contribution is 2.37. The van der Waals surface area contributed by atoms with Crippen LogP contribution in [0, 0.1) is 12.8 Å². The van der Waals surface area contributed by atoms with E-state index in [0.717, 1.165) is 67.7 Å². The number of thiazole rings is 1. The molecule has 0 spiro atoms. The van der Waals surface area contributed by atoms with Crippen LogP contribution in [0.2, 0.25) is 0 Å². The van der Waals surface area contributed by atoms with Crippen LogP contribution in [0.5, 0.6) is 5.75 Å². The lowest BCUT2D eigenvalue weighted by molar-refractivity contribution is -0.119. The second kappa shape index (κ2) is 8.93. The topological polar surface area (TPSA) is 71.5 Å². The maximum atomic E-state index is 13.1. The third kappa shape index (κ3) is 4.39. The monoisotopic (exact) mass is 433 g/mol. The van der Waals surface area contributed by atoms with Crippen molar-refractivity contribution in [2.75, 3.05) is 25.5 Å². The maximum Gasteiger partial charge on any atom is 0.229 e. The average molecular weight is 434 g/mol. The Bertz CT molecular complexity index is 916. The summed E-state index contributed by atoms with van der Waals surface area (Å²) in [4.78, 5) is 18.7. The molecule has 156 valence electrons.